The predicted octanol–water partition coefficient (Wildman–Crippen LogP) is 4.84. The van der Waals surface area contributed by atoms with E-state index in [0.717, 1.165) is 11.8 Å². The second kappa shape index (κ2) is 8.26. The number of ketones is 1. The first-order chi connectivity index (χ1) is 12.9. The Kier molecular flexibility index (Phi) is 5.80. The highest BCUT2D eigenvalue weighted by Gasteiger charge is 2.20. The molecule has 0 saturated carbocycles. The maximum Gasteiger partial charge on any atom is 0.387 e. The molecule has 2 aromatic carbocycles. The van der Waals surface area contributed by atoms with Crippen LogP contribution >= 0.6 is 11.8 Å². The summed E-state index contributed by atoms with van der Waals surface area (Å²) >= 11 is 1.07. The monoisotopic (exact) mass is 394 g/mol. The molecule has 0 spiro atoms. The fourth-order valence-electron chi connectivity index (χ4n) is 2.21. The molecule has 3 aromatic rings. The number of alkyl halides is 2. The van der Waals surface area contributed by atoms with E-state index in [-0.39, 0.29) is 22.6 Å². The molecule has 1 atom stereocenters. The van der Waals surface area contributed by atoms with Crippen molar-refractivity contribution in [2.24, 2.45) is 0 Å². The third-order valence-corrected chi connectivity index (χ3v) is 4.44. The van der Waals surface area contributed by atoms with Gasteiger partial charge in [-0.25, -0.2) is 4.39 Å². The molecule has 9 heteroatoms. The number of aromatic nitrogens is 2. The number of hydrogen-bond acceptors (Lipinski definition) is 6. The highest BCUT2D eigenvalue weighted by Crippen LogP contribution is 2.28. The van der Waals surface area contributed by atoms with Gasteiger partial charge in [0.2, 0.25) is 5.89 Å². The van der Waals surface area contributed by atoms with Gasteiger partial charge >= 0.3 is 6.61 Å². The smallest absolute Gasteiger partial charge is 0.387 e. The summed E-state index contributed by atoms with van der Waals surface area (Å²) in [6.45, 7) is -1.22. The highest BCUT2D eigenvalue weighted by atomic mass is 32.2. The van der Waals surface area contributed by atoms with Crippen molar-refractivity contribution in [1.82, 2.24) is 10.2 Å². The van der Waals surface area contributed by atoms with Crippen molar-refractivity contribution in [3.63, 3.8) is 0 Å². The van der Waals surface area contributed by atoms with E-state index in [1.165, 1.54) is 48.5 Å². The van der Waals surface area contributed by atoms with E-state index in [1.54, 1.807) is 6.92 Å². The average molecular weight is 394 g/mol. The van der Waals surface area contributed by atoms with Crippen LogP contribution in [0, 0.1) is 5.82 Å². The number of nitrogens with zero attached hydrogens (tertiary/aromatic N) is 2. The Hall–Kier alpha value is -2.81. The van der Waals surface area contributed by atoms with Gasteiger partial charge in [-0.3, -0.25) is 4.79 Å². The number of rotatable bonds is 7. The number of halogens is 3. The van der Waals surface area contributed by atoms with E-state index in [2.05, 4.69) is 14.9 Å². The minimum atomic E-state index is -2.90. The number of ether oxygens (including phenoxy) is 1. The van der Waals surface area contributed by atoms with Gasteiger partial charge in [0.25, 0.3) is 5.22 Å². The van der Waals surface area contributed by atoms with Crippen LogP contribution in [0.3, 0.4) is 0 Å². The second-order valence-corrected chi connectivity index (χ2v) is 6.70. The normalized spacial score (nSPS) is 12.2. The van der Waals surface area contributed by atoms with Crippen LogP contribution < -0.4 is 4.74 Å². The van der Waals surface area contributed by atoms with Gasteiger partial charge in [0.15, 0.2) is 5.78 Å². The summed E-state index contributed by atoms with van der Waals surface area (Å²) in [5, 5.41) is 7.42. The van der Waals surface area contributed by atoms with Crippen molar-refractivity contribution in [1.29, 1.82) is 0 Å². The van der Waals surface area contributed by atoms with Gasteiger partial charge in [0.05, 0.1) is 5.25 Å². The van der Waals surface area contributed by atoms with Gasteiger partial charge in [-0.2, -0.15) is 8.78 Å². The largest absolute Gasteiger partial charge is 0.435 e. The lowest BCUT2D eigenvalue weighted by Gasteiger charge is -2.07. The molecule has 0 N–H and O–H groups in total. The minimum Gasteiger partial charge on any atom is -0.435 e. The predicted molar refractivity (Wildman–Crippen MR) is 92.4 cm³/mol. The Labute approximate surface area is 156 Å². The molecule has 3 rings (SSSR count). The molecule has 1 unspecified atom stereocenters. The minimum absolute atomic E-state index is 0.0152. The van der Waals surface area contributed by atoms with Crippen LogP contribution in [-0.4, -0.2) is 27.8 Å². The SMILES string of the molecule is CC(Sc1nnc(-c2ccc(OC(F)F)cc2)o1)C(=O)c1ccc(F)cc1. The van der Waals surface area contributed by atoms with Gasteiger partial charge in [0.1, 0.15) is 11.6 Å². The third-order valence-electron chi connectivity index (χ3n) is 3.51. The topological polar surface area (TPSA) is 65.2 Å². The van der Waals surface area contributed by atoms with Gasteiger partial charge in [-0.05, 0) is 55.5 Å². The summed E-state index contributed by atoms with van der Waals surface area (Å²) < 4.78 is 47.1. The zero-order valence-corrected chi connectivity index (χ0v) is 14.8. The Morgan fingerprint density at radius 1 is 1.07 bits per heavy atom. The standard InChI is InChI=1S/C18H13F3N2O3S/c1-10(15(24)11-2-6-13(19)7-3-11)27-18-23-22-16(26-18)12-4-8-14(9-5-12)25-17(20)21/h2-10,17H,1H3. The summed E-state index contributed by atoms with van der Waals surface area (Å²) in [6.07, 6.45) is 0. The second-order valence-electron chi connectivity index (χ2n) is 5.41. The molecule has 1 heterocycles. The highest BCUT2D eigenvalue weighted by molar-refractivity contribution is 8.00. The molecule has 0 bridgehead atoms. The van der Waals surface area contributed by atoms with E-state index < -0.39 is 17.7 Å². The van der Waals surface area contributed by atoms with E-state index in [1.807, 2.05) is 0 Å². The lowest BCUT2D eigenvalue weighted by molar-refractivity contribution is -0.0498. The first kappa shape index (κ1) is 19.0. The van der Waals surface area contributed by atoms with E-state index in [0.29, 0.717) is 11.1 Å². The molecular weight excluding hydrogens is 381 g/mol. The number of hydrogen-bond donors (Lipinski definition) is 0. The average Bonchev–Trinajstić information content (AvgIpc) is 3.10. The fraction of sp³-hybridized carbons (Fsp3) is 0.167. The molecule has 0 radical (unpaired) electrons. The molecule has 0 amide bonds. The van der Waals surface area contributed by atoms with E-state index in [4.69, 9.17) is 4.42 Å². The molecule has 0 fully saturated rings. The number of thioether (sulfide) groups is 1. The molecular formula is C18H13F3N2O3S. The maximum atomic E-state index is 13.0. The third kappa shape index (κ3) is 4.88. The van der Waals surface area contributed by atoms with Gasteiger partial charge < -0.3 is 9.15 Å². The summed E-state index contributed by atoms with van der Waals surface area (Å²) in [7, 11) is 0. The van der Waals surface area contributed by atoms with Crippen LogP contribution in [0.25, 0.3) is 11.5 Å². The van der Waals surface area contributed by atoms with Crippen LogP contribution in [0.4, 0.5) is 13.2 Å². The number of benzene rings is 2. The van der Waals surface area contributed by atoms with Gasteiger partial charge in [-0.1, -0.05) is 11.8 Å². The lowest BCUT2D eigenvalue weighted by atomic mass is 10.1. The summed E-state index contributed by atoms with van der Waals surface area (Å²) in [5.41, 5.74) is 0.902. The number of carbonyl (C=O) groups excluding carboxylic acids is 1. The van der Waals surface area contributed by atoms with Crippen molar-refractivity contribution < 1.29 is 27.1 Å². The van der Waals surface area contributed by atoms with Crippen molar-refractivity contribution >= 4 is 17.5 Å². The Morgan fingerprint density at radius 2 is 1.74 bits per heavy atom. The molecule has 0 aliphatic rings. The molecule has 0 saturated heterocycles. The zero-order valence-electron chi connectivity index (χ0n) is 13.9. The Bertz CT molecular complexity index is 914. The Morgan fingerprint density at radius 3 is 2.37 bits per heavy atom. The molecule has 27 heavy (non-hydrogen) atoms. The molecule has 5 nitrogen and oxygen atoms in total. The first-order valence-corrected chi connectivity index (χ1v) is 8.65. The van der Waals surface area contributed by atoms with Crippen LogP contribution in [0.15, 0.2) is 58.2 Å². The van der Waals surface area contributed by atoms with E-state index in [9.17, 15) is 18.0 Å². The van der Waals surface area contributed by atoms with Crippen LogP contribution in [0.1, 0.15) is 17.3 Å². The van der Waals surface area contributed by atoms with Crippen LogP contribution in [-0.2, 0) is 0 Å². The lowest BCUT2D eigenvalue weighted by Crippen LogP contribution is -2.13. The Balaban J connectivity index is 1.66. The summed E-state index contributed by atoms with van der Waals surface area (Å²) in [5.74, 6) is -0.421. The fourth-order valence-corrected chi connectivity index (χ4v) is 2.97. The quantitative estimate of drug-likeness (QED) is 0.422. The summed E-state index contributed by atoms with van der Waals surface area (Å²) in [6, 6.07) is 11.0. The van der Waals surface area contributed by atoms with Crippen molar-refractivity contribution in [2.75, 3.05) is 0 Å². The molecule has 140 valence electrons. The molecule has 1 aromatic heterocycles. The van der Waals surface area contributed by atoms with Gasteiger partial charge in [-0.15, -0.1) is 10.2 Å². The number of carbonyl (C=O) groups is 1. The van der Waals surface area contributed by atoms with E-state index >= 15 is 0 Å². The molecule has 0 aliphatic carbocycles. The van der Waals surface area contributed by atoms with Crippen LogP contribution in [0.2, 0.25) is 0 Å². The number of Topliss-reactive ketones (excluding diaryl/α,β-unsaturated/α-hetero) is 1. The van der Waals surface area contributed by atoms with Crippen LogP contribution in [0.5, 0.6) is 5.75 Å². The maximum absolute atomic E-state index is 13.0. The first-order valence-electron chi connectivity index (χ1n) is 7.77. The van der Waals surface area contributed by atoms with Crippen molar-refractivity contribution in [3.05, 3.63) is 59.9 Å². The van der Waals surface area contributed by atoms with Crippen molar-refractivity contribution in [2.45, 2.75) is 24.0 Å². The summed E-state index contributed by atoms with van der Waals surface area (Å²) in [4.78, 5) is 12.4. The van der Waals surface area contributed by atoms with Gasteiger partial charge in [0, 0.05) is 11.1 Å². The molecule has 0 aliphatic heterocycles. The van der Waals surface area contributed by atoms with Crippen molar-refractivity contribution in [3.8, 4) is 17.2 Å². The zero-order chi connectivity index (χ0) is 19.4.